The maximum Gasteiger partial charge on any atom is 0.0462 e. The summed E-state index contributed by atoms with van der Waals surface area (Å²) in [6.45, 7) is 7.56. The Morgan fingerprint density at radius 2 is 2.06 bits per heavy atom. The minimum Gasteiger partial charge on any atom is -0.385 e. The lowest BCUT2D eigenvalue weighted by molar-refractivity contribution is 0.190. The molecule has 0 amide bonds. The van der Waals surface area contributed by atoms with Crippen molar-refractivity contribution in [2.24, 2.45) is 17.1 Å². The average molecular weight is 228 g/mol. The molecule has 0 heterocycles. The summed E-state index contributed by atoms with van der Waals surface area (Å²) in [5.41, 5.74) is 6.61. The molecule has 1 unspecified atom stereocenters. The van der Waals surface area contributed by atoms with Gasteiger partial charge < -0.3 is 15.8 Å². The van der Waals surface area contributed by atoms with Crippen LogP contribution in [0, 0.1) is 11.3 Å². The molecule has 96 valence electrons. The van der Waals surface area contributed by atoms with E-state index in [9.17, 15) is 0 Å². The fourth-order valence-electron chi connectivity index (χ4n) is 2.22. The Kier molecular flexibility index (Phi) is 5.73. The predicted molar refractivity (Wildman–Crippen MR) is 68.5 cm³/mol. The molecule has 1 atom stereocenters. The van der Waals surface area contributed by atoms with Crippen LogP contribution < -0.4 is 11.1 Å². The quantitative estimate of drug-likeness (QED) is 0.591. The van der Waals surface area contributed by atoms with E-state index >= 15 is 0 Å². The van der Waals surface area contributed by atoms with Crippen molar-refractivity contribution in [3.63, 3.8) is 0 Å². The highest BCUT2D eigenvalue weighted by atomic mass is 16.5. The van der Waals surface area contributed by atoms with Gasteiger partial charge in [-0.25, -0.2) is 0 Å². The molecular weight excluding hydrogens is 200 g/mol. The number of hydrogen-bond donors (Lipinski definition) is 2. The van der Waals surface area contributed by atoms with Gasteiger partial charge in [0.15, 0.2) is 0 Å². The zero-order valence-corrected chi connectivity index (χ0v) is 11.1. The first-order valence-electron chi connectivity index (χ1n) is 6.56. The maximum atomic E-state index is 6.02. The Morgan fingerprint density at radius 3 is 2.56 bits per heavy atom. The van der Waals surface area contributed by atoms with Crippen LogP contribution in [0.15, 0.2) is 0 Å². The molecule has 16 heavy (non-hydrogen) atoms. The van der Waals surface area contributed by atoms with Gasteiger partial charge in [0.05, 0.1) is 0 Å². The standard InChI is InChI=1S/C13H28N2O/c1-11(2)13(6-7-13)10-15-9-12(14)5-4-8-16-3/h11-12,15H,4-10,14H2,1-3H3. The molecule has 3 nitrogen and oxygen atoms in total. The van der Waals surface area contributed by atoms with Crippen LogP contribution in [0.1, 0.15) is 39.5 Å². The summed E-state index contributed by atoms with van der Waals surface area (Å²) in [5, 5.41) is 3.53. The third-order valence-electron chi connectivity index (χ3n) is 3.92. The molecule has 0 aromatic heterocycles. The number of hydrogen-bond acceptors (Lipinski definition) is 3. The van der Waals surface area contributed by atoms with Gasteiger partial charge >= 0.3 is 0 Å². The summed E-state index contributed by atoms with van der Waals surface area (Å²) in [7, 11) is 1.74. The van der Waals surface area contributed by atoms with E-state index in [0.29, 0.717) is 5.41 Å². The summed E-state index contributed by atoms with van der Waals surface area (Å²) >= 11 is 0. The lowest BCUT2D eigenvalue weighted by Crippen LogP contribution is -2.37. The van der Waals surface area contributed by atoms with Crippen LogP contribution in [-0.2, 0) is 4.74 Å². The summed E-state index contributed by atoms with van der Waals surface area (Å²) < 4.78 is 5.02. The molecule has 0 aromatic rings. The first kappa shape index (κ1) is 13.9. The van der Waals surface area contributed by atoms with E-state index in [2.05, 4.69) is 19.2 Å². The summed E-state index contributed by atoms with van der Waals surface area (Å²) in [6, 6.07) is 0.276. The highest BCUT2D eigenvalue weighted by molar-refractivity contribution is 4.97. The maximum absolute atomic E-state index is 6.02. The molecule has 1 aliphatic rings. The predicted octanol–water partition coefficient (Wildman–Crippen LogP) is 1.77. The van der Waals surface area contributed by atoms with Crippen molar-refractivity contribution in [2.45, 2.75) is 45.6 Å². The first-order chi connectivity index (χ1) is 7.60. The molecule has 1 fully saturated rings. The van der Waals surface area contributed by atoms with Gasteiger partial charge in [0.2, 0.25) is 0 Å². The third-order valence-corrected chi connectivity index (χ3v) is 3.92. The number of ether oxygens (including phenoxy) is 1. The fraction of sp³-hybridized carbons (Fsp3) is 1.00. The number of nitrogens with one attached hydrogen (secondary N) is 1. The molecule has 0 saturated heterocycles. The Hall–Kier alpha value is -0.120. The van der Waals surface area contributed by atoms with Gasteiger partial charge in [0.25, 0.3) is 0 Å². The van der Waals surface area contributed by atoms with Crippen LogP contribution in [0.5, 0.6) is 0 Å². The van der Waals surface area contributed by atoms with Crippen LogP contribution in [-0.4, -0.2) is 32.8 Å². The second kappa shape index (κ2) is 6.58. The minimum atomic E-state index is 0.276. The van der Waals surface area contributed by atoms with Gasteiger partial charge in [-0.05, 0) is 37.0 Å². The van der Waals surface area contributed by atoms with Gasteiger partial charge in [0.1, 0.15) is 0 Å². The van der Waals surface area contributed by atoms with Crippen LogP contribution >= 0.6 is 0 Å². The zero-order chi connectivity index (χ0) is 12.0. The minimum absolute atomic E-state index is 0.276. The second-order valence-corrected chi connectivity index (χ2v) is 5.54. The summed E-state index contributed by atoms with van der Waals surface area (Å²) in [5.74, 6) is 0.796. The number of rotatable bonds is 9. The average Bonchev–Trinajstić information content (AvgIpc) is 2.99. The summed E-state index contributed by atoms with van der Waals surface area (Å²) in [6.07, 6.45) is 4.89. The molecule has 3 N–H and O–H groups in total. The molecule has 0 aliphatic heterocycles. The highest BCUT2D eigenvalue weighted by Crippen LogP contribution is 2.51. The third kappa shape index (κ3) is 4.40. The molecule has 0 spiro atoms. The van der Waals surface area contributed by atoms with Gasteiger partial charge in [-0.2, -0.15) is 0 Å². The van der Waals surface area contributed by atoms with Gasteiger partial charge in [0, 0.05) is 32.8 Å². The highest BCUT2D eigenvalue weighted by Gasteiger charge is 2.44. The molecule has 0 bridgehead atoms. The van der Waals surface area contributed by atoms with E-state index < -0.39 is 0 Å². The molecule has 1 aliphatic carbocycles. The van der Waals surface area contributed by atoms with Crippen LogP contribution in [0.4, 0.5) is 0 Å². The molecule has 0 aromatic carbocycles. The molecule has 1 saturated carbocycles. The van der Waals surface area contributed by atoms with Gasteiger partial charge in [-0.3, -0.25) is 0 Å². The first-order valence-corrected chi connectivity index (χ1v) is 6.56. The largest absolute Gasteiger partial charge is 0.385 e. The van der Waals surface area contributed by atoms with E-state index in [1.54, 1.807) is 7.11 Å². The lowest BCUT2D eigenvalue weighted by Gasteiger charge is -2.21. The van der Waals surface area contributed by atoms with Gasteiger partial charge in [-0.1, -0.05) is 13.8 Å². The van der Waals surface area contributed by atoms with E-state index in [-0.39, 0.29) is 6.04 Å². The number of nitrogens with two attached hydrogens (primary N) is 1. The normalized spacial score (nSPS) is 20.1. The summed E-state index contributed by atoms with van der Waals surface area (Å²) in [4.78, 5) is 0. The van der Waals surface area contributed by atoms with Crippen molar-refractivity contribution in [2.75, 3.05) is 26.8 Å². The van der Waals surface area contributed by atoms with Crippen molar-refractivity contribution in [3.8, 4) is 0 Å². The van der Waals surface area contributed by atoms with Gasteiger partial charge in [-0.15, -0.1) is 0 Å². The second-order valence-electron chi connectivity index (χ2n) is 5.54. The van der Waals surface area contributed by atoms with Crippen molar-refractivity contribution >= 4 is 0 Å². The smallest absolute Gasteiger partial charge is 0.0462 e. The van der Waals surface area contributed by atoms with Crippen LogP contribution in [0.3, 0.4) is 0 Å². The van der Waals surface area contributed by atoms with Crippen molar-refractivity contribution in [1.29, 1.82) is 0 Å². The van der Waals surface area contributed by atoms with Crippen LogP contribution in [0.25, 0.3) is 0 Å². The van der Waals surface area contributed by atoms with Crippen molar-refractivity contribution in [1.82, 2.24) is 5.32 Å². The van der Waals surface area contributed by atoms with E-state index in [1.807, 2.05) is 0 Å². The Morgan fingerprint density at radius 1 is 1.38 bits per heavy atom. The van der Waals surface area contributed by atoms with Crippen LogP contribution in [0.2, 0.25) is 0 Å². The Labute approximate surface area is 100 Å². The molecule has 3 heteroatoms. The molecular formula is C13H28N2O. The zero-order valence-electron chi connectivity index (χ0n) is 11.1. The fourth-order valence-corrected chi connectivity index (χ4v) is 2.22. The Bertz CT molecular complexity index is 190. The van der Waals surface area contributed by atoms with Crippen molar-refractivity contribution in [3.05, 3.63) is 0 Å². The number of methoxy groups -OCH3 is 1. The topological polar surface area (TPSA) is 47.3 Å². The monoisotopic (exact) mass is 228 g/mol. The van der Waals surface area contributed by atoms with E-state index in [0.717, 1.165) is 38.5 Å². The lowest BCUT2D eigenvalue weighted by atomic mass is 9.92. The molecule has 0 radical (unpaired) electrons. The Balaban J connectivity index is 2.02. The van der Waals surface area contributed by atoms with E-state index in [4.69, 9.17) is 10.5 Å². The SMILES string of the molecule is COCCCC(N)CNCC1(C(C)C)CC1. The molecule has 1 rings (SSSR count). The van der Waals surface area contributed by atoms with E-state index in [1.165, 1.54) is 12.8 Å². The van der Waals surface area contributed by atoms with Crippen molar-refractivity contribution < 1.29 is 4.74 Å².